The van der Waals surface area contributed by atoms with Gasteiger partial charge in [0.25, 0.3) is 0 Å². The van der Waals surface area contributed by atoms with Crippen LogP contribution in [0.15, 0.2) is 23.9 Å². The van der Waals surface area contributed by atoms with E-state index in [1.807, 2.05) is 32.1 Å². The Balaban J connectivity index is 0.00000793. The summed E-state index contributed by atoms with van der Waals surface area (Å²) in [7, 11) is 1.31. The maximum Gasteiger partial charge on any atom is 2.00 e. The number of aromatic nitrogens is 3. The first-order chi connectivity index (χ1) is 30.6. The van der Waals surface area contributed by atoms with Gasteiger partial charge in [0.1, 0.15) is 12.5 Å². The molecule has 5 heterocycles. The molecule has 6 atom stereocenters. The maximum absolute atomic E-state index is 14.4. The number of fused-ring (bicyclic) bond motifs is 7. The van der Waals surface area contributed by atoms with Crippen LogP contribution in [0, 0.1) is 56.3 Å². The normalized spacial score (nSPS) is 22.1. The van der Waals surface area contributed by atoms with Crippen LogP contribution in [0.5, 0.6) is 0 Å². The molecule has 0 saturated carbocycles. The third-order valence-corrected chi connectivity index (χ3v) is 14.6. The fourth-order valence-corrected chi connectivity index (χ4v) is 10.4. The summed E-state index contributed by atoms with van der Waals surface area (Å²) in [5, 5.41) is 6.93. The Morgan fingerprint density at radius 3 is 2.22 bits per heavy atom. The van der Waals surface area contributed by atoms with Crippen LogP contribution < -0.4 is 25.7 Å². The van der Waals surface area contributed by atoms with E-state index in [4.69, 9.17) is 29.7 Å². The van der Waals surface area contributed by atoms with Crippen molar-refractivity contribution in [3.63, 3.8) is 0 Å². The minimum absolute atomic E-state index is 0. The number of carbonyl (C=O) groups is 3. The van der Waals surface area contributed by atoms with Crippen molar-refractivity contribution in [2.75, 3.05) is 13.7 Å². The summed E-state index contributed by atoms with van der Waals surface area (Å²) in [5.41, 5.74) is 10.7. The number of allylic oxidation sites excluding steroid dienone is 2. The van der Waals surface area contributed by atoms with Crippen molar-refractivity contribution in [3.05, 3.63) is 96.1 Å². The van der Waals surface area contributed by atoms with E-state index in [9.17, 15) is 14.4 Å². The number of Topliss-reactive ketones (excluding diaryl/α,β-unsaturated/α-hetero) is 1. The summed E-state index contributed by atoms with van der Waals surface area (Å²) < 4.78 is 11.1. The fourth-order valence-electron chi connectivity index (χ4n) is 10.4. The van der Waals surface area contributed by atoms with Gasteiger partial charge in [-0.25, -0.2) is 0 Å². The van der Waals surface area contributed by atoms with E-state index < -0.39 is 11.9 Å². The van der Waals surface area contributed by atoms with Crippen LogP contribution in [0.2, 0.25) is 0 Å². The van der Waals surface area contributed by atoms with Gasteiger partial charge in [0.05, 0.1) is 7.11 Å². The van der Waals surface area contributed by atoms with Gasteiger partial charge < -0.3 is 29.7 Å². The van der Waals surface area contributed by atoms with Crippen LogP contribution in [-0.2, 0) is 31.9 Å². The van der Waals surface area contributed by atoms with Crippen LogP contribution in [0.3, 0.4) is 0 Å². The Hall–Kier alpha value is -4.02. The van der Waals surface area contributed by atoms with Crippen molar-refractivity contribution in [1.29, 1.82) is 0 Å². The van der Waals surface area contributed by atoms with E-state index >= 15 is 0 Å². The van der Waals surface area contributed by atoms with Crippen LogP contribution in [0.4, 0.5) is 0 Å². The first-order valence-electron chi connectivity index (χ1n) is 24.3. The van der Waals surface area contributed by atoms with Crippen molar-refractivity contribution >= 4 is 64.6 Å². The number of ketones is 1. The molecule has 0 radical (unpaired) electrons. The van der Waals surface area contributed by atoms with Gasteiger partial charge in [-0.3, -0.25) is 14.4 Å². The molecule has 348 valence electrons. The Bertz CT molecular complexity index is 2390. The molecule has 65 heavy (non-hydrogen) atoms. The Labute approximate surface area is 405 Å². The molecule has 3 aromatic rings. The SMILES string of the molecule is C=Cc1c(C)/c2[n-]/c1=C\c1[n-]c(c(CC)c1C)Cc1[n-]c3c(c1C)C(=O)[C@H](C(=O)OC)/C3=C1/[N-]C(\C=2)[C@@H](C)[C@@H]1CCC(=O)OC/C=C(\C)CCC[C@H](C)CCC[C@H](C)CCCC(C)C.[Mg+2]. The third-order valence-electron chi connectivity index (χ3n) is 14.6. The summed E-state index contributed by atoms with van der Waals surface area (Å²) >= 11 is 0. The predicted molar refractivity (Wildman–Crippen MR) is 264 cm³/mol. The van der Waals surface area contributed by atoms with E-state index in [-0.39, 0.29) is 65.7 Å². The second-order valence-corrected chi connectivity index (χ2v) is 19.8. The van der Waals surface area contributed by atoms with Crippen molar-refractivity contribution in [3.8, 4) is 0 Å². The van der Waals surface area contributed by atoms with Gasteiger partial charge in [-0.1, -0.05) is 145 Å². The molecule has 2 aliphatic heterocycles. The molecule has 9 nitrogen and oxygen atoms in total. The van der Waals surface area contributed by atoms with E-state index in [0.29, 0.717) is 41.3 Å². The molecule has 0 aromatic carbocycles. The Morgan fingerprint density at radius 2 is 1.57 bits per heavy atom. The first-order valence-corrected chi connectivity index (χ1v) is 24.3. The second kappa shape index (κ2) is 23.1. The second-order valence-electron chi connectivity index (χ2n) is 19.8. The van der Waals surface area contributed by atoms with E-state index in [1.54, 1.807) is 0 Å². The molecule has 1 fully saturated rings. The predicted octanol–water partition coefficient (Wildman–Crippen LogP) is 9.94. The van der Waals surface area contributed by atoms with Gasteiger partial charge in [0.15, 0.2) is 5.78 Å². The van der Waals surface area contributed by atoms with E-state index in [1.165, 1.54) is 57.6 Å². The van der Waals surface area contributed by atoms with Crippen LogP contribution in [-0.4, -0.2) is 60.5 Å². The van der Waals surface area contributed by atoms with Crippen LogP contribution >= 0.6 is 0 Å². The molecule has 1 aliphatic carbocycles. The monoisotopic (exact) mass is 895 g/mol. The molecular weight excluding hydrogens is 821 g/mol. The number of carbonyl (C=O) groups excluding carboxylic acids is 3. The van der Waals surface area contributed by atoms with Crippen LogP contribution in [0.1, 0.15) is 180 Å². The molecular formula is C55H74MgN4O5-2. The number of ether oxygens (including phenoxy) is 2. The molecule has 0 spiro atoms. The number of esters is 2. The minimum Gasteiger partial charge on any atom is -0.681 e. The molecule has 0 amide bonds. The molecule has 3 aromatic heterocycles. The number of nitrogens with zero attached hydrogens (tertiary/aromatic N) is 4. The average Bonchev–Trinajstić information content (AvgIpc) is 3.99. The third kappa shape index (κ3) is 11.8. The maximum atomic E-state index is 14.4. The van der Waals surface area contributed by atoms with Crippen molar-refractivity contribution in [2.45, 2.75) is 159 Å². The van der Waals surface area contributed by atoms with E-state index in [2.05, 4.69) is 68.0 Å². The molecule has 1 unspecified atom stereocenters. The standard InChI is InChI=1S/C55H75N4O5.Mg/c1-13-39-35(8)42-28-44-37(10)41(24-25-48(60)64-27-26-34(7)23-17-22-33(6)21-16-20-32(5)19-15-18-31(3)4)52(58-44)50-51(55(62)63-12)54(61)49-38(11)45(59-53(49)50)30-47-40(14-2)36(9)43(57-47)29-46(39)56-42;/h13,26,28-29,31-33,37,41,44,51H,1,14-25,27,30H2,2-12H3,(H-,58,59,61);/q-3;+2/p-1/b34-26+,42-28-,46-29-;/t32-,33-,37+,41+,44?,51-;/m1./s1. The summed E-state index contributed by atoms with van der Waals surface area (Å²) in [5.74, 6) is -0.476. The fraction of sp³-hybridized carbons (Fsp3) is 0.582. The molecule has 6 rings (SSSR count). The van der Waals surface area contributed by atoms with Gasteiger partial charge >= 0.3 is 35.0 Å². The van der Waals surface area contributed by atoms with Gasteiger partial charge in [-0.2, -0.15) is 17.1 Å². The number of hydrogen-bond acceptors (Lipinski definition) is 5. The minimum atomic E-state index is -1.19. The Kier molecular flexibility index (Phi) is 18.5. The van der Waals surface area contributed by atoms with Gasteiger partial charge in [-0.05, 0) is 101 Å². The van der Waals surface area contributed by atoms with E-state index in [0.717, 1.165) is 86.7 Å². The van der Waals surface area contributed by atoms with Crippen molar-refractivity contribution in [1.82, 2.24) is 15.0 Å². The van der Waals surface area contributed by atoms with Crippen molar-refractivity contribution in [2.24, 2.45) is 35.5 Å². The first kappa shape index (κ1) is 52.0. The quantitative estimate of drug-likeness (QED) is 0.0475. The average molecular weight is 896 g/mol. The van der Waals surface area contributed by atoms with Gasteiger partial charge in [0.2, 0.25) is 0 Å². The molecule has 10 heteroatoms. The zero-order valence-electron chi connectivity index (χ0n) is 41.5. The van der Waals surface area contributed by atoms with Gasteiger partial charge in [-0.15, -0.1) is 28.2 Å². The van der Waals surface area contributed by atoms with Crippen molar-refractivity contribution < 1.29 is 23.9 Å². The largest absolute Gasteiger partial charge is 2.00 e. The molecule has 8 bridgehead atoms. The zero-order valence-corrected chi connectivity index (χ0v) is 42.9. The topological polar surface area (TPSA) is 126 Å². The molecule has 3 aliphatic rings. The number of hydrogen-bond donors (Lipinski definition) is 0. The van der Waals surface area contributed by atoms with Gasteiger partial charge in [0, 0.05) is 12.0 Å². The van der Waals surface area contributed by atoms with Crippen LogP contribution in [0.25, 0.3) is 29.1 Å². The molecule has 0 N–H and O–H groups in total. The summed E-state index contributed by atoms with van der Waals surface area (Å²) in [6.07, 6.45) is 21.1. The summed E-state index contributed by atoms with van der Waals surface area (Å²) in [6, 6.07) is -0.350. The number of methoxy groups -OCH3 is 1. The smallest absolute Gasteiger partial charge is 0.681 e. The molecule has 1 saturated heterocycles. The Morgan fingerprint density at radius 1 is 0.892 bits per heavy atom. The summed E-state index contributed by atoms with van der Waals surface area (Å²) in [6.45, 7) is 26.2. The number of rotatable bonds is 20. The summed E-state index contributed by atoms with van der Waals surface area (Å²) in [4.78, 5) is 56.8. The zero-order chi connectivity index (χ0) is 46.4.